The topological polar surface area (TPSA) is 101 Å². The van der Waals surface area contributed by atoms with E-state index in [9.17, 15) is 0 Å². The van der Waals surface area contributed by atoms with Crippen LogP contribution in [-0.4, -0.2) is 44.8 Å². The third kappa shape index (κ3) is 8.87. The van der Waals surface area contributed by atoms with Crippen LogP contribution in [0, 0.1) is 0 Å². The molecule has 5 nitrogen and oxygen atoms in total. The van der Waals surface area contributed by atoms with Crippen molar-refractivity contribution in [3.63, 3.8) is 0 Å². The summed E-state index contributed by atoms with van der Waals surface area (Å²) < 4.78 is 0.859. The van der Waals surface area contributed by atoms with Crippen LogP contribution in [0.15, 0.2) is 0 Å². The molecule has 1 heterocycles. The quantitative estimate of drug-likeness (QED) is 0.658. The molecule has 0 saturated carbocycles. The summed E-state index contributed by atoms with van der Waals surface area (Å²) in [4.78, 5) is 18.2. The van der Waals surface area contributed by atoms with E-state index in [-0.39, 0.29) is 0 Å². The number of aliphatic carboxylic acids is 2. The van der Waals surface area contributed by atoms with Crippen molar-refractivity contribution in [1.82, 2.24) is 0 Å². The molecular formula is C9H17NO4S2. The first-order valence-corrected chi connectivity index (χ1v) is 7.07. The summed E-state index contributed by atoms with van der Waals surface area (Å²) in [6.07, 6.45) is 3.91. The fourth-order valence-electron chi connectivity index (χ4n) is 0.988. The van der Waals surface area contributed by atoms with Gasteiger partial charge in [0.1, 0.15) is 0 Å². The molecule has 94 valence electrons. The molecule has 1 aliphatic heterocycles. The van der Waals surface area contributed by atoms with Gasteiger partial charge in [-0.15, -0.1) is 23.5 Å². The lowest BCUT2D eigenvalue weighted by Gasteiger charge is -2.20. The number of thioether (sulfide) groups is 2. The highest BCUT2D eigenvalue weighted by molar-refractivity contribution is 8.17. The van der Waals surface area contributed by atoms with Gasteiger partial charge in [-0.05, 0) is 37.3 Å². The lowest BCUT2D eigenvalue weighted by atomic mass is 10.3. The average Bonchev–Trinajstić information content (AvgIpc) is 2.28. The maximum absolute atomic E-state index is 9.10. The Kier molecular flexibility index (Phi) is 9.55. The van der Waals surface area contributed by atoms with Crippen molar-refractivity contribution in [1.29, 1.82) is 0 Å². The van der Waals surface area contributed by atoms with Crippen molar-refractivity contribution in [2.45, 2.75) is 23.8 Å². The molecule has 0 bridgehead atoms. The molecule has 0 unspecified atom stereocenters. The van der Waals surface area contributed by atoms with Crippen LogP contribution in [0.4, 0.5) is 0 Å². The van der Waals surface area contributed by atoms with Crippen LogP contribution in [0.1, 0.15) is 19.3 Å². The van der Waals surface area contributed by atoms with E-state index in [4.69, 9.17) is 25.5 Å². The van der Waals surface area contributed by atoms with E-state index in [0.29, 0.717) is 0 Å². The molecule has 1 fully saturated rings. The minimum Gasteiger partial charge on any atom is -0.473 e. The van der Waals surface area contributed by atoms with Gasteiger partial charge in [0.15, 0.2) is 0 Å². The third-order valence-corrected chi connectivity index (χ3v) is 4.80. The van der Waals surface area contributed by atoms with Crippen molar-refractivity contribution in [2.75, 3.05) is 18.1 Å². The Bertz CT molecular complexity index is 208. The van der Waals surface area contributed by atoms with Gasteiger partial charge in [-0.25, -0.2) is 9.59 Å². The van der Waals surface area contributed by atoms with Crippen LogP contribution < -0.4 is 5.73 Å². The number of carboxylic acids is 2. The number of hydrogen-bond acceptors (Lipinski definition) is 5. The van der Waals surface area contributed by atoms with Gasteiger partial charge >= 0.3 is 11.9 Å². The summed E-state index contributed by atoms with van der Waals surface area (Å²) >= 11 is 4.22. The number of carboxylic acid groups (broad SMARTS) is 2. The zero-order valence-electron chi connectivity index (χ0n) is 8.92. The van der Waals surface area contributed by atoms with Gasteiger partial charge < -0.3 is 15.9 Å². The standard InChI is InChI=1S/C7H15NS2.C2H2O4/c8-4-1-3-7-9-5-2-6-10-7;3-1(4)2(5)6/h7H,1-6,8H2;(H,3,4)(H,5,6). The number of rotatable bonds is 3. The Morgan fingerprint density at radius 3 is 2.06 bits per heavy atom. The summed E-state index contributed by atoms with van der Waals surface area (Å²) in [5.74, 6) is -0.921. The van der Waals surface area contributed by atoms with Gasteiger partial charge in [0.05, 0.1) is 4.58 Å². The molecule has 0 radical (unpaired) electrons. The van der Waals surface area contributed by atoms with E-state index in [0.717, 1.165) is 11.1 Å². The molecule has 0 atom stereocenters. The Labute approximate surface area is 103 Å². The highest BCUT2D eigenvalue weighted by Crippen LogP contribution is 2.33. The van der Waals surface area contributed by atoms with Gasteiger partial charge in [-0.2, -0.15) is 0 Å². The van der Waals surface area contributed by atoms with Crippen molar-refractivity contribution in [2.24, 2.45) is 5.73 Å². The van der Waals surface area contributed by atoms with Gasteiger partial charge in [-0.3, -0.25) is 0 Å². The molecule has 0 aromatic heterocycles. The van der Waals surface area contributed by atoms with E-state index >= 15 is 0 Å². The molecule has 0 amide bonds. The van der Waals surface area contributed by atoms with E-state index in [2.05, 4.69) is 23.5 Å². The Hall–Kier alpha value is -0.400. The summed E-state index contributed by atoms with van der Waals surface area (Å²) in [5.41, 5.74) is 5.43. The van der Waals surface area contributed by atoms with Crippen LogP contribution in [0.25, 0.3) is 0 Å². The van der Waals surface area contributed by atoms with Crippen LogP contribution in [0.3, 0.4) is 0 Å². The maximum Gasteiger partial charge on any atom is 0.414 e. The van der Waals surface area contributed by atoms with E-state index in [1.165, 1.54) is 30.8 Å². The molecule has 0 spiro atoms. The normalized spacial score (nSPS) is 16.1. The van der Waals surface area contributed by atoms with Crippen molar-refractivity contribution >= 4 is 35.5 Å². The Balaban J connectivity index is 0.000000325. The van der Waals surface area contributed by atoms with Crippen molar-refractivity contribution < 1.29 is 19.8 Å². The summed E-state index contributed by atoms with van der Waals surface area (Å²) in [6.45, 7) is 0.859. The van der Waals surface area contributed by atoms with Gasteiger partial charge in [0, 0.05) is 0 Å². The van der Waals surface area contributed by atoms with E-state index in [1.807, 2.05) is 0 Å². The molecule has 16 heavy (non-hydrogen) atoms. The molecule has 7 heteroatoms. The largest absolute Gasteiger partial charge is 0.473 e. The minimum atomic E-state index is -1.82. The summed E-state index contributed by atoms with van der Waals surface area (Å²) in [5, 5.41) is 14.8. The van der Waals surface area contributed by atoms with Gasteiger partial charge in [0.25, 0.3) is 0 Å². The van der Waals surface area contributed by atoms with Gasteiger partial charge in [0.2, 0.25) is 0 Å². The molecule has 0 aromatic rings. The fraction of sp³-hybridized carbons (Fsp3) is 0.778. The van der Waals surface area contributed by atoms with Crippen molar-refractivity contribution in [3.8, 4) is 0 Å². The summed E-state index contributed by atoms with van der Waals surface area (Å²) in [6, 6.07) is 0. The molecule has 0 aromatic carbocycles. The Morgan fingerprint density at radius 1 is 1.19 bits per heavy atom. The van der Waals surface area contributed by atoms with Crippen LogP contribution in [0.2, 0.25) is 0 Å². The SMILES string of the molecule is NCCCC1SCCCS1.O=C(O)C(=O)O. The average molecular weight is 267 g/mol. The molecule has 4 N–H and O–H groups in total. The van der Waals surface area contributed by atoms with Crippen LogP contribution in [0.5, 0.6) is 0 Å². The Morgan fingerprint density at radius 2 is 1.69 bits per heavy atom. The molecule has 1 saturated heterocycles. The highest BCUT2D eigenvalue weighted by atomic mass is 32.2. The molecule has 1 aliphatic rings. The van der Waals surface area contributed by atoms with E-state index < -0.39 is 11.9 Å². The predicted molar refractivity (Wildman–Crippen MR) is 66.9 cm³/mol. The van der Waals surface area contributed by atoms with Gasteiger partial charge in [-0.1, -0.05) is 0 Å². The second-order valence-corrected chi connectivity index (χ2v) is 5.99. The second-order valence-electron chi connectivity index (χ2n) is 3.07. The highest BCUT2D eigenvalue weighted by Gasteiger charge is 2.12. The predicted octanol–water partition coefficient (Wildman–Crippen LogP) is 1.08. The molecule has 0 aliphatic carbocycles. The number of carbonyl (C=O) groups is 2. The number of hydrogen-bond donors (Lipinski definition) is 3. The minimum absolute atomic E-state index is 0.859. The van der Waals surface area contributed by atoms with Crippen LogP contribution in [-0.2, 0) is 9.59 Å². The zero-order valence-corrected chi connectivity index (χ0v) is 10.6. The smallest absolute Gasteiger partial charge is 0.414 e. The summed E-state index contributed by atoms with van der Waals surface area (Å²) in [7, 11) is 0. The zero-order chi connectivity index (χ0) is 12.4. The maximum atomic E-state index is 9.10. The first kappa shape index (κ1) is 15.6. The third-order valence-electron chi connectivity index (χ3n) is 1.72. The van der Waals surface area contributed by atoms with Crippen LogP contribution >= 0.6 is 23.5 Å². The lowest BCUT2D eigenvalue weighted by Crippen LogP contribution is -2.09. The van der Waals surface area contributed by atoms with Crippen molar-refractivity contribution in [3.05, 3.63) is 0 Å². The number of nitrogens with two attached hydrogens (primary N) is 1. The molecular weight excluding hydrogens is 250 g/mol. The fourth-order valence-corrected chi connectivity index (χ4v) is 3.95. The first-order chi connectivity index (χ1) is 7.57. The molecule has 1 rings (SSSR count). The van der Waals surface area contributed by atoms with E-state index in [1.54, 1.807) is 0 Å². The first-order valence-electron chi connectivity index (χ1n) is 4.97. The second kappa shape index (κ2) is 9.80. The lowest BCUT2D eigenvalue weighted by molar-refractivity contribution is -0.159. The monoisotopic (exact) mass is 267 g/mol.